The third-order valence-corrected chi connectivity index (χ3v) is 3.92. The minimum absolute atomic E-state index is 0. The van der Waals surface area contributed by atoms with Gasteiger partial charge in [0.05, 0.1) is 0 Å². The van der Waals surface area contributed by atoms with E-state index >= 15 is 0 Å². The van der Waals surface area contributed by atoms with Crippen molar-refractivity contribution in [1.82, 2.24) is 5.32 Å². The monoisotopic (exact) mass is 298 g/mol. The molecule has 0 spiro atoms. The van der Waals surface area contributed by atoms with Gasteiger partial charge in [0.15, 0.2) is 0 Å². The molecule has 20 heavy (non-hydrogen) atoms. The molecule has 1 aliphatic carbocycles. The number of nitrogens with one attached hydrogen (secondary N) is 1. The molecule has 1 aromatic carbocycles. The number of hydrogen-bond acceptors (Lipinski definition) is 3. The first-order valence-electron chi connectivity index (χ1n) is 7.26. The van der Waals surface area contributed by atoms with Crippen LogP contribution < -0.4 is 22.5 Å². The van der Waals surface area contributed by atoms with E-state index in [9.17, 15) is 5.11 Å². The fourth-order valence-corrected chi connectivity index (χ4v) is 2.49. The first-order valence-corrected chi connectivity index (χ1v) is 7.26. The average molecular weight is 299 g/mol. The van der Waals surface area contributed by atoms with Crippen molar-refractivity contribution in [2.75, 3.05) is 13.2 Å². The quantitative estimate of drug-likeness (QED) is 0.750. The number of halogens is 1. The molecule has 0 aliphatic heterocycles. The van der Waals surface area contributed by atoms with E-state index in [1.807, 2.05) is 18.2 Å². The molecule has 114 valence electrons. The molecule has 2 N–H and O–H groups in total. The van der Waals surface area contributed by atoms with Gasteiger partial charge in [-0.05, 0) is 49.9 Å². The Bertz CT molecular complexity index is 405. The summed E-state index contributed by atoms with van der Waals surface area (Å²) < 4.78 is 5.63. The fourth-order valence-electron chi connectivity index (χ4n) is 2.49. The van der Waals surface area contributed by atoms with Crippen molar-refractivity contribution in [1.29, 1.82) is 0 Å². The van der Waals surface area contributed by atoms with E-state index in [0.717, 1.165) is 5.75 Å². The van der Waals surface area contributed by atoms with E-state index in [1.54, 1.807) is 0 Å². The summed E-state index contributed by atoms with van der Waals surface area (Å²) in [5, 5.41) is 13.3. The zero-order valence-electron chi connectivity index (χ0n) is 12.4. The molecule has 0 aromatic heterocycles. The Morgan fingerprint density at radius 1 is 1.25 bits per heavy atom. The summed E-state index contributed by atoms with van der Waals surface area (Å²) in [6.45, 7) is 5.12. The van der Waals surface area contributed by atoms with Crippen LogP contribution in [-0.4, -0.2) is 30.4 Å². The maximum absolute atomic E-state index is 9.91. The molecule has 0 heterocycles. The van der Waals surface area contributed by atoms with Crippen LogP contribution in [-0.2, 0) is 0 Å². The van der Waals surface area contributed by atoms with Crippen molar-refractivity contribution >= 4 is 0 Å². The molecule has 1 unspecified atom stereocenters. The summed E-state index contributed by atoms with van der Waals surface area (Å²) in [6.07, 6.45) is 4.66. The molecule has 1 aromatic rings. The largest absolute Gasteiger partial charge is 1.00 e. The van der Waals surface area contributed by atoms with Gasteiger partial charge in [-0.1, -0.05) is 18.9 Å². The number of aliphatic hydroxyl groups excluding tert-OH is 1. The lowest BCUT2D eigenvalue weighted by atomic mass is 10.1. The highest BCUT2D eigenvalue weighted by Gasteiger charge is 2.15. The molecule has 0 saturated heterocycles. The molecular formula is C16H25ClNO2-. The molecule has 2 rings (SSSR count). The predicted molar refractivity (Wildman–Crippen MR) is 77.7 cm³/mol. The topological polar surface area (TPSA) is 41.5 Å². The van der Waals surface area contributed by atoms with E-state index in [2.05, 4.69) is 19.2 Å². The van der Waals surface area contributed by atoms with Crippen molar-refractivity contribution in [2.24, 2.45) is 0 Å². The van der Waals surface area contributed by atoms with E-state index in [0.29, 0.717) is 19.2 Å². The summed E-state index contributed by atoms with van der Waals surface area (Å²) in [7, 11) is 0. The molecule has 0 bridgehead atoms. The molecule has 3 nitrogen and oxygen atoms in total. The normalized spacial score (nSPS) is 16.8. The lowest BCUT2D eigenvalue weighted by Gasteiger charge is -2.17. The average Bonchev–Trinajstić information content (AvgIpc) is 2.91. The van der Waals surface area contributed by atoms with Gasteiger partial charge in [-0.3, -0.25) is 0 Å². The number of benzene rings is 1. The summed E-state index contributed by atoms with van der Waals surface area (Å²) in [6, 6.07) is 6.62. The van der Waals surface area contributed by atoms with Gasteiger partial charge in [0.25, 0.3) is 0 Å². The molecule has 1 aliphatic rings. The van der Waals surface area contributed by atoms with Crippen LogP contribution in [0.5, 0.6) is 5.75 Å². The Balaban J connectivity index is 0.00000200. The van der Waals surface area contributed by atoms with Gasteiger partial charge in [-0.2, -0.15) is 0 Å². The second kappa shape index (κ2) is 8.50. The molecule has 4 heteroatoms. The second-order valence-electron chi connectivity index (χ2n) is 5.60. The van der Waals surface area contributed by atoms with E-state index < -0.39 is 6.10 Å². The molecule has 0 radical (unpaired) electrons. The highest BCUT2D eigenvalue weighted by molar-refractivity contribution is 5.33. The van der Waals surface area contributed by atoms with Crippen LogP contribution in [0.2, 0.25) is 0 Å². The van der Waals surface area contributed by atoms with E-state index in [1.165, 1.54) is 36.8 Å². The highest BCUT2D eigenvalue weighted by atomic mass is 35.5. The van der Waals surface area contributed by atoms with Crippen LogP contribution in [0.25, 0.3) is 0 Å². The van der Waals surface area contributed by atoms with Crippen LogP contribution in [0.1, 0.15) is 36.8 Å². The third-order valence-electron chi connectivity index (χ3n) is 3.92. The first-order chi connectivity index (χ1) is 9.15. The molecular weight excluding hydrogens is 274 g/mol. The van der Waals surface area contributed by atoms with Crippen LogP contribution in [0.4, 0.5) is 0 Å². The summed E-state index contributed by atoms with van der Waals surface area (Å²) in [4.78, 5) is 0. The third kappa shape index (κ3) is 5.31. The summed E-state index contributed by atoms with van der Waals surface area (Å²) >= 11 is 0. The fraction of sp³-hybridized carbons (Fsp3) is 0.625. The van der Waals surface area contributed by atoms with E-state index in [-0.39, 0.29) is 12.4 Å². The highest BCUT2D eigenvalue weighted by Crippen LogP contribution is 2.18. The maximum atomic E-state index is 9.91. The Kier molecular flexibility index (Phi) is 7.35. The van der Waals surface area contributed by atoms with Crippen molar-refractivity contribution < 1.29 is 22.3 Å². The van der Waals surface area contributed by atoms with Gasteiger partial charge in [-0.15, -0.1) is 0 Å². The number of rotatable bonds is 6. The first kappa shape index (κ1) is 17.3. The van der Waals surface area contributed by atoms with Gasteiger partial charge in [0.1, 0.15) is 18.5 Å². The van der Waals surface area contributed by atoms with Gasteiger partial charge in [0, 0.05) is 12.6 Å². The van der Waals surface area contributed by atoms with Gasteiger partial charge in [-0.25, -0.2) is 0 Å². The number of ether oxygens (including phenoxy) is 1. The predicted octanol–water partition coefficient (Wildman–Crippen LogP) is -0.421. The number of hydrogen-bond donors (Lipinski definition) is 2. The van der Waals surface area contributed by atoms with Gasteiger partial charge in [0.2, 0.25) is 0 Å². The number of aliphatic hydroxyl groups is 1. The van der Waals surface area contributed by atoms with Crippen LogP contribution in [0.15, 0.2) is 18.2 Å². The second-order valence-corrected chi connectivity index (χ2v) is 5.60. The molecule has 1 fully saturated rings. The van der Waals surface area contributed by atoms with Gasteiger partial charge < -0.3 is 27.6 Å². The van der Waals surface area contributed by atoms with Crippen LogP contribution in [0, 0.1) is 13.8 Å². The Morgan fingerprint density at radius 2 is 1.95 bits per heavy atom. The Morgan fingerprint density at radius 3 is 2.60 bits per heavy atom. The minimum atomic E-state index is -0.442. The molecule has 1 atom stereocenters. The van der Waals surface area contributed by atoms with Crippen LogP contribution >= 0.6 is 0 Å². The lowest BCUT2D eigenvalue weighted by Crippen LogP contribution is -3.00. The van der Waals surface area contributed by atoms with Gasteiger partial charge >= 0.3 is 0 Å². The van der Waals surface area contributed by atoms with Crippen molar-refractivity contribution in [3.05, 3.63) is 29.3 Å². The molecule has 1 saturated carbocycles. The standard InChI is InChI=1S/C16H25NO2.ClH/c1-12-7-8-16(9-13(12)2)19-11-15(18)10-17-14-5-3-4-6-14;/h7-9,14-15,17-18H,3-6,10-11H2,1-2H3;1H/p-1. The van der Waals surface area contributed by atoms with Crippen LogP contribution in [0.3, 0.4) is 0 Å². The van der Waals surface area contributed by atoms with Crippen molar-refractivity contribution in [3.8, 4) is 5.75 Å². The van der Waals surface area contributed by atoms with Crippen molar-refractivity contribution in [2.45, 2.75) is 51.7 Å². The zero-order valence-corrected chi connectivity index (χ0v) is 13.1. The minimum Gasteiger partial charge on any atom is -1.00 e. The summed E-state index contributed by atoms with van der Waals surface area (Å²) in [5.41, 5.74) is 2.48. The van der Waals surface area contributed by atoms with E-state index in [4.69, 9.17) is 4.74 Å². The Labute approximate surface area is 128 Å². The van der Waals surface area contributed by atoms with Crippen molar-refractivity contribution in [3.63, 3.8) is 0 Å². The lowest BCUT2D eigenvalue weighted by molar-refractivity contribution is -0.00000589. The smallest absolute Gasteiger partial charge is 0.119 e. The zero-order chi connectivity index (χ0) is 13.7. The number of aryl methyl sites for hydroxylation is 2. The maximum Gasteiger partial charge on any atom is 0.119 e. The summed E-state index contributed by atoms with van der Waals surface area (Å²) in [5.74, 6) is 0.836. The Hall–Kier alpha value is -0.770. The molecule has 0 amide bonds. The SMILES string of the molecule is Cc1ccc(OCC(O)CNC2CCCC2)cc1C.[Cl-].